The van der Waals surface area contributed by atoms with Gasteiger partial charge in [0.25, 0.3) is 0 Å². The molecular formula is C36H41N3O7. The lowest BCUT2D eigenvalue weighted by atomic mass is 9.92. The zero-order valence-corrected chi connectivity index (χ0v) is 26.7. The van der Waals surface area contributed by atoms with Crippen LogP contribution in [0.2, 0.25) is 0 Å². The lowest BCUT2D eigenvalue weighted by Crippen LogP contribution is -2.57. The molecule has 0 aliphatic carbocycles. The molecule has 3 aromatic carbocycles. The lowest BCUT2D eigenvalue weighted by molar-refractivity contribution is -0.155. The number of fused-ring (bicyclic) bond motifs is 2. The topological polar surface area (TPSA) is 117 Å². The molecular weight excluding hydrogens is 586 g/mol. The summed E-state index contributed by atoms with van der Waals surface area (Å²) in [5.74, 6) is -1.88. The average molecular weight is 628 g/mol. The quantitative estimate of drug-likeness (QED) is 0.338. The maximum Gasteiger partial charge on any atom is 0.415 e. The van der Waals surface area contributed by atoms with E-state index in [0.29, 0.717) is 18.5 Å². The largest absolute Gasteiger partial charge is 0.481 e. The normalized spacial score (nSPS) is 17.9. The van der Waals surface area contributed by atoms with Crippen LogP contribution in [0.4, 0.5) is 10.5 Å². The molecule has 242 valence electrons. The standard InChI is InChI=1S/C36H41N3O7/c1-36(2,3)46-35(44)39-29-17-11-10-15-26(29)20-30(39)34(43)38(32(45-4)18-24-12-6-5-7-13-24)23-31(40)37-22-27-16-9-8-14-25(27)19-28(37)21-33(41)42/h5-17,28,30,32H,18-23H2,1-4H3,(H,41,42)/t28-,30-,32?/m1/s1. The third-order valence-electron chi connectivity index (χ3n) is 8.40. The number of hydrogen-bond acceptors (Lipinski definition) is 6. The van der Waals surface area contributed by atoms with Crippen LogP contribution in [0.5, 0.6) is 0 Å². The number of para-hydroxylation sites is 1. The molecule has 2 aliphatic rings. The molecule has 10 nitrogen and oxygen atoms in total. The molecule has 0 fully saturated rings. The molecule has 3 atom stereocenters. The van der Waals surface area contributed by atoms with Crippen LogP contribution < -0.4 is 4.90 Å². The van der Waals surface area contributed by atoms with Gasteiger partial charge in [0.05, 0.1) is 12.1 Å². The number of amides is 3. The number of ether oxygens (including phenoxy) is 2. The van der Waals surface area contributed by atoms with Crippen LogP contribution in [0.3, 0.4) is 0 Å². The van der Waals surface area contributed by atoms with Crippen LogP contribution in [0, 0.1) is 0 Å². The second-order valence-corrected chi connectivity index (χ2v) is 12.8. The van der Waals surface area contributed by atoms with Gasteiger partial charge in [-0.25, -0.2) is 4.79 Å². The van der Waals surface area contributed by atoms with E-state index < -0.39 is 47.8 Å². The number of rotatable bonds is 9. The number of methoxy groups -OCH3 is 1. The minimum atomic E-state index is -1.01. The third kappa shape index (κ3) is 7.39. The van der Waals surface area contributed by atoms with Gasteiger partial charge < -0.3 is 24.4 Å². The molecule has 0 aromatic heterocycles. The summed E-state index contributed by atoms with van der Waals surface area (Å²) in [7, 11) is 1.48. The van der Waals surface area contributed by atoms with Crippen molar-refractivity contribution in [2.24, 2.45) is 0 Å². The number of carboxylic acids is 1. The van der Waals surface area contributed by atoms with E-state index in [9.17, 15) is 24.3 Å². The average Bonchev–Trinajstić information content (AvgIpc) is 3.41. The second-order valence-electron chi connectivity index (χ2n) is 12.8. The van der Waals surface area contributed by atoms with Crippen LogP contribution in [-0.2, 0) is 49.7 Å². The summed E-state index contributed by atoms with van der Waals surface area (Å²) < 4.78 is 11.6. The molecule has 1 N–H and O–H groups in total. The Labute approximate surface area is 269 Å². The first-order valence-corrected chi connectivity index (χ1v) is 15.5. The van der Waals surface area contributed by atoms with E-state index in [4.69, 9.17) is 9.47 Å². The van der Waals surface area contributed by atoms with Crippen LogP contribution in [0.1, 0.15) is 49.4 Å². The molecule has 2 heterocycles. The van der Waals surface area contributed by atoms with Crippen molar-refractivity contribution in [3.8, 4) is 0 Å². The summed E-state index contributed by atoms with van der Waals surface area (Å²) in [5.41, 5.74) is 3.42. The van der Waals surface area contributed by atoms with Gasteiger partial charge in [-0.3, -0.25) is 19.3 Å². The Balaban J connectivity index is 1.50. The van der Waals surface area contributed by atoms with Crippen LogP contribution >= 0.6 is 0 Å². The van der Waals surface area contributed by atoms with Gasteiger partial charge >= 0.3 is 12.1 Å². The molecule has 0 spiro atoms. The summed E-state index contributed by atoms with van der Waals surface area (Å²) in [6.07, 6.45) is -0.810. The summed E-state index contributed by atoms with van der Waals surface area (Å²) in [4.78, 5) is 58.7. The summed E-state index contributed by atoms with van der Waals surface area (Å²) in [6, 6.07) is 22.9. The van der Waals surface area contributed by atoms with Crippen molar-refractivity contribution in [2.75, 3.05) is 18.6 Å². The Bertz CT molecular complexity index is 1590. The number of nitrogens with zero attached hydrogens (tertiary/aromatic N) is 3. The summed E-state index contributed by atoms with van der Waals surface area (Å²) >= 11 is 0. The highest BCUT2D eigenvalue weighted by Crippen LogP contribution is 2.35. The Kier molecular flexibility index (Phi) is 9.76. The molecule has 0 saturated heterocycles. The van der Waals surface area contributed by atoms with Crippen molar-refractivity contribution in [3.63, 3.8) is 0 Å². The van der Waals surface area contributed by atoms with Gasteiger partial charge in [-0.15, -0.1) is 0 Å². The van der Waals surface area contributed by atoms with Crippen molar-refractivity contribution in [2.45, 2.75) is 76.9 Å². The fraction of sp³-hybridized carbons (Fsp3) is 0.389. The number of carbonyl (C=O) groups is 4. The predicted molar refractivity (Wildman–Crippen MR) is 172 cm³/mol. The molecule has 0 saturated carbocycles. The number of hydrogen-bond donors (Lipinski definition) is 1. The zero-order valence-electron chi connectivity index (χ0n) is 26.7. The van der Waals surface area contributed by atoms with E-state index in [1.54, 1.807) is 37.8 Å². The van der Waals surface area contributed by atoms with E-state index in [2.05, 4.69) is 0 Å². The summed E-state index contributed by atoms with van der Waals surface area (Å²) in [5, 5.41) is 9.69. The first kappa shape index (κ1) is 32.7. The molecule has 2 aliphatic heterocycles. The van der Waals surface area contributed by atoms with Gasteiger partial charge in [0, 0.05) is 32.5 Å². The lowest BCUT2D eigenvalue weighted by Gasteiger charge is -2.40. The van der Waals surface area contributed by atoms with E-state index in [0.717, 1.165) is 22.3 Å². The fourth-order valence-electron chi connectivity index (χ4n) is 6.27. The van der Waals surface area contributed by atoms with E-state index >= 15 is 0 Å². The Morgan fingerprint density at radius 2 is 1.52 bits per heavy atom. The number of carbonyl (C=O) groups excluding carboxylic acids is 3. The van der Waals surface area contributed by atoms with Gasteiger partial charge in [0.1, 0.15) is 24.4 Å². The van der Waals surface area contributed by atoms with Crippen molar-refractivity contribution in [1.29, 1.82) is 0 Å². The molecule has 0 radical (unpaired) electrons. The highest BCUT2D eigenvalue weighted by Gasteiger charge is 2.44. The van der Waals surface area contributed by atoms with Gasteiger partial charge in [-0.2, -0.15) is 0 Å². The minimum absolute atomic E-state index is 0.226. The third-order valence-corrected chi connectivity index (χ3v) is 8.40. The Hall–Kier alpha value is -4.70. The SMILES string of the molecule is COC(Cc1ccccc1)N(CC(=O)N1Cc2ccccc2C[C@@H]1CC(=O)O)C(=O)[C@H]1Cc2ccccc2N1C(=O)OC(C)(C)C. The van der Waals surface area contributed by atoms with E-state index in [-0.39, 0.29) is 25.9 Å². The number of anilines is 1. The minimum Gasteiger partial charge on any atom is -0.481 e. The van der Waals surface area contributed by atoms with Crippen molar-refractivity contribution < 1.29 is 33.8 Å². The Morgan fingerprint density at radius 3 is 2.17 bits per heavy atom. The van der Waals surface area contributed by atoms with Gasteiger partial charge in [-0.05, 0) is 55.5 Å². The van der Waals surface area contributed by atoms with Crippen molar-refractivity contribution >= 4 is 29.6 Å². The number of carboxylic acid groups (broad SMARTS) is 1. The number of benzene rings is 3. The molecule has 1 unspecified atom stereocenters. The van der Waals surface area contributed by atoms with Gasteiger partial charge in [-0.1, -0.05) is 72.8 Å². The van der Waals surface area contributed by atoms with Crippen molar-refractivity contribution in [3.05, 3.63) is 101 Å². The highest BCUT2D eigenvalue weighted by atomic mass is 16.6. The van der Waals surface area contributed by atoms with Gasteiger partial charge in [0.15, 0.2) is 0 Å². The monoisotopic (exact) mass is 627 g/mol. The number of aliphatic carboxylic acids is 1. The summed E-state index contributed by atoms with van der Waals surface area (Å²) in [6.45, 7) is 5.15. The molecule has 3 aromatic rings. The van der Waals surface area contributed by atoms with E-state index in [1.807, 2.05) is 66.7 Å². The van der Waals surface area contributed by atoms with Crippen molar-refractivity contribution in [1.82, 2.24) is 9.80 Å². The van der Waals surface area contributed by atoms with Crippen LogP contribution in [0.25, 0.3) is 0 Å². The first-order valence-electron chi connectivity index (χ1n) is 15.5. The van der Waals surface area contributed by atoms with Crippen LogP contribution in [-0.4, -0.2) is 76.4 Å². The molecule has 0 bridgehead atoms. The maximum absolute atomic E-state index is 14.7. The van der Waals surface area contributed by atoms with Crippen LogP contribution in [0.15, 0.2) is 78.9 Å². The molecule has 5 rings (SSSR count). The van der Waals surface area contributed by atoms with Gasteiger partial charge in [0.2, 0.25) is 11.8 Å². The molecule has 46 heavy (non-hydrogen) atoms. The highest BCUT2D eigenvalue weighted by molar-refractivity contribution is 6.01. The smallest absolute Gasteiger partial charge is 0.415 e. The molecule has 10 heteroatoms. The van der Waals surface area contributed by atoms with E-state index in [1.165, 1.54) is 16.9 Å². The zero-order chi connectivity index (χ0) is 33.0. The Morgan fingerprint density at radius 1 is 0.891 bits per heavy atom. The predicted octanol–water partition coefficient (Wildman–Crippen LogP) is 4.82. The molecule has 3 amide bonds. The maximum atomic E-state index is 14.7. The second kappa shape index (κ2) is 13.7. The fourth-order valence-corrected chi connectivity index (χ4v) is 6.27. The first-order chi connectivity index (χ1) is 21.9.